The molecule has 1 rings (SSSR count). The number of carbonyl (C=O) groups excluding carboxylic acids is 1. The van der Waals surface area contributed by atoms with Gasteiger partial charge in [0.05, 0.1) is 12.2 Å². The van der Waals surface area contributed by atoms with Gasteiger partial charge in [-0.3, -0.25) is 4.98 Å². The first-order chi connectivity index (χ1) is 9.04. The van der Waals surface area contributed by atoms with Crippen LogP contribution in [-0.2, 0) is 11.3 Å². The van der Waals surface area contributed by atoms with Crippen molar-refractivity contribution in [2.45, 2.75) is 32.4 Å². The Balaban J connectivity index is 2.54. The van der Waals surface area contributed by atoms with Gasteiger partial charge in [0.15, 0.2) is 0 Å². The lowest BCUT2D eigenvalue weighted by Gasteiger charge is -2.20. The molecule has 0 aliphatic rings. The first-order valence-corrected chi connectivity index (χ1v) is 6.19. The van der Waals surface area contributed by atoms with Gasteiger partial charge < -0.3 is 15.3 Å². The van der Waals surface area contributed by atoms with Gasteiger partial charge in [-0.1, -0.05) is 19.4 Å². The summed E-state index contributed by atoms with van der Waals surface area (Å²) in [5.74, 6) is -1.01. The Morgan fingerprint density at radius 3 is 2.74 bits per heavy atom. The minimum absolute atomic E-state index is 0.338. The third-order valence-corrected chi connectivity index (χ3v) is 2.65. The van der Waals surface area contributed by atoms with E-state index in [9.17, 15) is 9.59 Å². The van der Waals surface area contributed by atoms with Crippen molar-refractivity contribution < 1.29 is 14.7 Å². The molecule has 1 aromatic rings. The first kappa shape index (κ1) is 14.9. The molecular weight excluding hydrogens is 246 g/mol. The molecule has 0 saturated heterocycles. The highest BCUT2D eigenvalue weighted by molar-refractivity contribution is 5.82. The predicted molar refractivity (Wildman–Crippen MR) is 70.6 cm³/mol. The molecule has 0 saturated carbocycles. The lowest BCUT2D eigenvalue weighted by atomic mass is 10.2. The fourth-order valence-electron chi connectivity index (χ4n) is 1.61. The quantitative estimate of drug-likeness (QED) is 0.816. The second-order valence-corrected chi connectivity index (χ2v) is 4.31. The zero-order chi connectivity index (χ0) is 14.3. The lowest BCUT2D eigenvalue weighted by Crippen LogP contribution is -2.46. The van der Waals surface area contributed by atoms with Crippen LogP contribution in [0.2, 0.25) is 0 Å². The smallest absolute Gasteiger partial charge is 0.326 e. The molecule has 0 aliphatic heterocycles. The fourth-order valence-corrected chi connectivity index (χ4v) is 1.61. The lowest BCUT2D eigenvalue weighted by molar-refractivity contribution is -0.139. The van der Waals surface area contributed by atoms with E-state index in [1.165, 1.54) is 4.90 Å². The number of carboxylic acid groups (broad SMARTS) is 1. The molecule has 2 amide bonds. The summed E-state index contributed by atoms with van der Waals surface area (Å²) in [5, 5.41) is 11.5. The van der Waals surface area contributed by atoms with Crippen molar-refractivity contribution in [2.75, 3.05) is 7.05 Å². The van der Waals surface area contributed by atoms with Gasteiger partial charge >= 0.3 is 12.0 Å². The van der Waals surface area contributed by atoms with Gasteiger partial charge in [0.1, 0.15) is 6.04 Å². The third kappa shape index (κ3) is 4.95. The van der Waals surface area contributed by atoms with E-state index in [0.29, 0.717) is 19.4 Å². The van der Waals surface area contributed by atoms with E-state index >= 15 is 0 Å². The number of urea groups is 1. The Labute approximate surface area is 112 Å². The van der Waals surface area contributed by atoms with Crippen molar-refractivity contribution in [2.24, 2.45) is 0 Å². The zero-order valence-corrected chi connectivity index (χ0v) is 11.2. The molecule has 1 heterocycles. The van der Waals surface area contributed by atoms with Crippen LogP contribution >= 0.6 is 0 Å². The molecule has 6 heteroatoms. The molecule has 104 valence electrons. The van der Waals surface area contributed by atoms with Gasteiger partial charge in [0.25, 0.3) is 0 Å². The Hall–Kier alpha value is -2.11. The summed E-state index contributed by atoms with van der Waals surface area (Å²) in [5.41, 5.74) is 0.752. The summed E-state index contributed by atoms with van der Waals surface area (Å²) in [6.45, 7) is 2.21. The molecule has 0 bridgehead atoms. The molecular formula is C13H19N3O3. The van der Waals surface area contributed by atoms with Crippen LogP contribution in [0.5, 0.6) is 0 Å². The van der Waals surface area contributed by atoms with Crippen molar-refractivity contribution in [3.63, 3.8) is 0 Å². The molecule has 0 unspecified atom stereocenters. The summed E-state index contributed by atoms with van der Waals surface area (Å²) in [6.07, 6.45) is 2.76. The number of hydrogen-bond donors (Lipinski definition) is 2. The van der Waals surface area contributed by atoms with Crippen LogP contribution in [0, 0.1) is 0 Å². The van der Waals surface area contributed by atoms with Crippen molar-refractivity contribution >= 4 is 12.0 Å². The van der Waals surface area contributed by atoms with Crippen LogP contribution < -0.4 is 5.32 Å². The van der Waals surface area contributed by atoms with E-state index in [1.54, 1.807) is 19.3 Å². The number of nitrogens with one attached hydrogen (secondary N) is 1. The molecule has 0 aliphatic carbocycles. The minimum Gasteiger partial charge on any atom is -0.480 e. The van der Waals surface area contributed by atoms with Gasteiger partial charge in [-0.05, 0) is 18.6 Å². The van der Waals surface area contributed by atoms with Crippen LogP contribution in [0.3, 0.4) is 0 Å². The molecule has 2 N–H and O–H groups in total. The second kappa shape index (κ2) is 7.35. The number of amides is 2. The normalized spacial score (nSPS) is 11.7. The highest BCUT2D eigenvalue weighted by atomic mass is 16.4. The van der Waals surface area contributed by atoms with Gasteiger partial charge in [0.2, 0.25) is 0 Å². The fraction of sp³-hybridized carbons (Fsp3) is 0.462. The van der Waals surface area contributed by atoms with Crippen molar-refractivity contribution in [3.8, 4) is 0 Å². The summed E-state index contributed by atoms with van der Waals surface area (Å²) < 4.78 is 0. The summed E-state index contributed by atoms with van der Waals surface area (Å²) in [6, 6.07) is 4.19. The molecule has 6 nitrogen and oxygen atoms in total. The van der Waals surface area contributed by atoms with E-state index in [4.69, 9.17) is 5.11 Å². The van der Waals surface area contributed by atoms with Gasteiger partial charge in [0, 0.05) is 13.2 Å². The Kier molecular flexibility index (Phi) is 5.78. The van der Waals surface area contributed by atoms with Crippen LogP contribution in [0.4, 0.5) is 4.79 Å². The van der Waals surface area contributed by atoms with E-state index in [-0.39, 0.29) is 0 Å². The molecule has 0 spiro atoms. The second-order valence-electron chi connectivity index (χ2n) is 4.31. The molecule has 19 heavy (non-hydrogen) atoms. The zero-order valence-electron chi connectivity index (χ0n) is 11.2. The number of pyridine rings is 1. The number of rotatable bonds is 6. The molecule has 1 atom stereocenters. The number of nitrogens with zero attached hydrogens (tertiary/aromatic N) is 2. The monoisotopic (exact) mass is 265 g/mol. The number of hydrogen-bond acceptors (Lipinski definition) is 3. The summed E-state index contributed by atoms with van der Waals surface area (Å²) in [7, 11) is 1.61. The topological polar surface area (TPSA) is 82.5 Å². The van der Waals surface area contributed by atoms with E-state index in [0.717, 1.165) is 5.69 Å². The van der Waals surface area contributed by atoms with Crippen LogP contribution in [-0.4, -0.2) is 40.1 Å². The molecule has 1 aromatic heterocycles. The maximum atomic E-state index is 11.9. The molecule has 0 aromatic carbocycles. The average Bonchev–Trinajstić information content (AvgIpc) is 2.39. The number of aromatic nitrogens is 1. The van der Waals surface area contributed by atoms with E-state index < -0.39 is 18.0 Å². The minimum atomic E-state index is -1.01. The van der Waals surface area contributed by atoms with Crippen molar-refractivity contribution in [1.82, 2.24) is 15.2 Å². The van der Waals surface area contributed by atoms with Gasteiger partial charge in [-0.15, -0.1) is 0 Å². The van der Waals surface area contributed by atoms with Crippen molar-refractivity contribution in [3.05, 3.63) is 30.1 Å². The van der Waals surface area contributed by atoms with Crippen LogP contribution in [0.1, 0.15) is 25.5 Å². The van der Waals surface area contributed by atoms with Crippen molar-refractivity contribution in [1.29, 1.82) is 0 Å². The standard InChI is InChI=1S/C13H19N3O3/c1-3-6-11(12(17)18)15-13(19)16(2)9-10-7-4-5-8-14-10/h4-5,7-8,11H,3,6,9H2,1-2H3,(H,15,19)(H,17,18)/t11-/m0/s1. The predicted octanol–water partition coefficient (Wildman–Crippen LogP) is 1.48. The maximum absolute atomic E-state index is 11.9. The maximum Gasteiger partial charge on any atom is 0.326 e. The Bertz CT molecular complexity index is 422. The number of aliphatic carboxylic acids is 1. The molecule has 0 radical (unpaired) electrons. The largest absolute Gasteiger partial charge is 0.480 e. The SMILES string of the molecule is CCC[C@H](NC(=O)N(C)Cc1ccccn1)C(=O)O. The van der Waals surface area contributed by atoms with Crippen LogP contribution in [0.15, 0.2) is 24.4 Å². The first-order valence-electron chi connectivity index (χ1n) is 6.19. The van der Waals surface area contributed by atoms with Crippen LogP contribution in [0.25, 0.3) is 0 Å². The Morgan fingerprint density at radius 2 is 2.21 bits per heavy atom. The number of carboxylic acids is 1. The highest BCUT2D eigenvalue weighted by Gasteiger charge is 2.20. The number of carbonyl (C=O) groups is 2. The third-order valence-electron chi connectivity index (χ3n) is 2.65. The van der Waals surface area contributed by atoms with Gasteiger partial charge in [-0.2, -0.15) is 0 Å². The average molecular weight is 265 g/mol. The van der Waals surface area contributed by atoms with E-state index in [1.807, 2.05) is 19.1 Å². The Morgan fingerprint density at radius 1 is 1.47 bits per heavy atom. The summed E-state index contributed by atoms with van der Waals surface area (Å²) in [4.78, 5) is 28.3. The van der Waals surface area contributed by atoms with E-state index in [2.05, 4.69) is 10.3 Å². The van der Waals surface area contributed by atoms with Gasteiger partial charge in [-0.25, -0.2) is 9.59 Å². The summed E-state index contributed by atoms with van der Waals surface area (Å²) >= 11 is 0. The molecule has 0 fully saturated rings. The highest BCUT2D eigenvalue weighted by Crippen LogP contribution is 2.02.